The maximum Gasteiger partial charge on any atom is 0.233 e. The Kier molecular flexibility index (Phi) is 6.59. The number of amides is 2. The molecule has 0 atom stereocenters. The van der Waals surface area contributed by atoms with E-state index in [0.717, 1.165) is 25.9 Å². The molecule has 1 aromatic carbocycles. The smallest absolute Gasteiger partial charge is 0.233 e. The molecular formula is C18H27N3O2. The average molecular weight is 317 g/mol. The monoisotopic (exact) mass is 317 g/mol. The van der Waals surface area contributed by atoms with Crippen LogP contribution in [0.25, 0.3) is 0 Å². The van der Waals surface area contributed by atoms with E-state index in [1.165, 1.54) is 11.1 Å². The lowest BCUT2D eigenvalue weighted by Gasteiger charge is -2.34. The number of carbonyl (C=O) groups is 2. The Morgan fingerprint density at radius 3 is 2.22 bits per heavy atom. The Labute approximate surface area is 138 Å². The third kappa shape index (κ3) is 5.36. The predicted octanol–water partition coefficient (Wildman–Crippen LogP) is 1.07. The first kappa shape index (κ1) is 17.5. The highest BCUT2D eigenvalue weighted by Crippen LogP contribution is 2.10. The third-order valence-electron chi connectivity index (χ3n) is 4.43. The fourth-order valence-corrected chi connectivity index (χ4v) is 2.79. The van der Waals surface area contributed by atoms with E-state index >= 15 is 0 Å². The first-order valence-electron chi connectivity index (χ1n) is 8.41. The van der Waals surface area contributed by atoms with E-state index in [0.29, 0.717) is 26.1 Å². The SMILES string of the molecule is CCc1ccc(CCC(=O)N2CCN(CC(=O)NC)CC2)cc1. The van der Waals surface area contributed by atoms with Crippen molar-refractivity contribution in [3.05, 3.63) is 35.4 Å². The van der Waals surface area contributed by atoms with Crippen LogP contribution in [0.2, 0.25) is 0 Å². The van der Waals surface area contributed by atoms with Crippen LogP contribution in [0.15, 0.2) is 24.3 Å². The number of carbonyl (C=O) groups excluding carboxylic acids is 2. The lowest BCUT2D eigenvalue weighted by molar-refractivity contribution is -0.133. The molecule has 1 aliphatic rings. The van der Waals surface area contributed by atoms with E-state index in [2.05, 4.69) is 41.4 Å². The Balaban J connectivity index is 1.73. The number of nitrogens with zero attached hydrogens (tertiary/aromatic N) is 2. The van der Waals surface area contributed by atoms with Gasteiger partial charge in [-0.15, -0.1) is 0 Å². The number of aryl methyl sites for hydroxylation is 2. The Morgan fingerprint density at radius 1 is 1.04 bits per heavy atom. The number of likely N-dealkylation sites (N-methyl/N-ethyl adjacent to an activating group) is 1. The number of nitrogens with one attached hydrogen (secondary N) is 1. The van der Waals surface area contributed by atoms with Crippen LogP contribution in [-0.4, -0.2) is 61.4 Å². The van der Waals surface area contributed by atoms with Crippen LogP contribution in [0.5, 0.6) is 0 Å². The zero-order valence-corrected chi connectivity index (χ0v) is 14.2. The summed E-state index contributed by atoms with van der Waals surface area (Å²) < 4.78 is 0. The van der Waals surface area contributed by atoms with Gasteiger partial charge in [0.25, 0.3) is 0 Å². The number of piperazine rings is 1. The summed E-state index contributed by atoms with van der Waals surface area (Å²) in [6, 6.07) is 8.51. The van der Waals surface area contributed by atoms with Crippen molar-refractivity contribution in [3.8, 4) is 0 Å². The summed E-state index contributed by atoms with van der Waals surface area (Å²) in [7, 11) is 1.65. The molecule has 2 amide bonds. The zero-order chi connectivity index (χ0) is 16.7. The number of benzene rings is 1. The highest BCUT2D eigenvalue weighted by Gasteiger charge is 2.21. The lowest BCUT2D eigenvalue weighted by Crippen LogP contribution is -2.50. The molecule has 23 heavy (non-hydrogen) atoms. The van der Waals surface area contributed by atoms with Gasteiger partial charge in [-0.25, -0.2) is 0 Å². The molecule has 1 aliphatic heterocycles. The van der Waals surface area contributed by atoms with E-state index in [9.17, 15) is 9.59 Å². The minimum absolute atomic E-state index is 0.0281. The van der Waals surface area contributed by atoms with E-state index in [1.807, 2.05) is 4.90 Å². The quantitative estimate of drug-likeness (QED) is 0.854. The molecular weight excluding hydrogens is 290 g/mol. The second-order valence-corrected chi connectivity index (χ2v) is 6.00. The molecule has 0 spiro atoms. The van der Waals surface area contributed by atoms with E-state index in [4.69, 9.17) is 0 Å². The lowest BCUT2D eigenvalue weighted by atomic mass is 10.1. The van der Waals surface area contributed by atoms with Gasteiger partial charge >= 0.3 is 0 Å². The van der Waals surface area contributed by atoms with Crippen molar-refractivity contribution in [2.24, 2.45) is 0 Å². The Bertz CT molecular complexity index is 520. The molecule has 1 aromatic rings. The summed E-state index contributed by atoms with van der Waals surface area (Å²) >= 11 is 0. The van der Waals surface area contributed by atoms with Crippen molar-refractivity contribution in [1.29, 1.82) is 0 Å². The van der Waals surface area contributed by atoms with Crippen molar-refractivity contribution in [1.82, 2.24) is 15.1 Å². The van der Waals surface area contributed by atoms with Crippen LogP contribution in [0, 0.1) is 0 Å². The van der Waals surface area contributed by atoms with Gasteiger partial charge in [0, 0.05) is 39.6 Å². The summed E-state index contributed by atoms with van der Waals surface area (Å²) in [5, 5.41) is 2.63. The zero-order valence-electron chi connectivity index (χ0n) is 14.2. The molecule has 0 aromatic heterocycles. The average Bonchev–Trinajstić information content (AvgIpc) is 2.60. The minimum Gasteiger partial charge on any atom is -0.358 e. The van der Waals surface area contributed by atoms with Crippen molar-refractivity contribution in [2.75, 3.05) is 39.8 Å². The van der Waals surface area contributed by atoms with Crippen molar-refractivity contribution >= 4 is 11.8 Å². The highest BCUT2D eigenvalue weighted by atomic mass is 16.2. The predicted molar refractivity (Wildman–Crippen MR) is 91.2 cm³/mol. The molecule has 0 bridgehead atoms. The van der Waals surface area contributed by atoms with Gasteiger partial charge in [0.05, 0.1) is 6.54 Å². The number of hydrogen-bond acceptors (Lipinski definition) is 3. The molecule has 1 heterocycles. The molecule has 0 saturated carbocycles. The van der Waals surface area contributed by atoms with Gasteiger partial charge in [-0.1, -0.05) is 31.2 Å². The topological polar surface area (TPSA) is 52.7 Å². The molecule has 0 unspecified atom stereocenters. The van der Waals surface area contributed by atoms with E-state index < -0.39 is 0 Å². The molecule has 1 N–H and O–H groups in total. The summed E-state index contributed by atoms with van der Waals surface area (Å²) in [4.78, 5) is 27.7. The van der Waals surface area contributed by atoms with Gasteiger partial charge < -0.3 is 10.2 Å². The van der Waals surface area contributed by atoms with Crippen LogP contribution in [0.1, 0.15) is 24.5 Å². The maximum atomic E-state index is 12.3. The fourth-order valence-electron chi connectivity index (χ4n) is 2.79. The van der Waals surface area contributed by atoms with E-state index in [-0.39, 0.29) is 11.8 Å². The molecule has 5 nitrogen and oxygen atoms in total. The van der Waals surface area contributed by atoms with Gasteiger partial charge in [-0.3, -0.25) is 14.5 Å². The molecule has 1 saturated heterocycles. The summed E-state index contributed by atoms with van der Waals surface area (Å²) in [5.41, 5.74) is 2.54. The van der Waals surface area contributed by atoms with Crippen molar-refractivity contribution in [3.63, 3.8) is 0 Å². The van der Waals surface area contributed by atoms with Crippen LogP contribution in [-0.2, 0) is 22.4 Å². The fraction of sp³-hybridized carbons (Fsp3) is 0.556. The Morgan fingerprint density at radius 2 is 1.65 bits per heavy atom. The molecule has 1 fully saturated rings. The second kappa shape index (κ2) is 8.67. The van der Waals surface area contributed by atoms with Crippen molar-refractivity contribution in [2.45, 2.75) is 26.2 Å². The second-order valence-electron chi connectivity index (χ2n) is 6.00. The molecule has 2 rings (SSSR count). The first-order valence-corrected chi connectivity index (χ1v) is 8.41. The number of hydrogen-bond donors (Lipinski definition) is 1. The summed E-state index contributed by atoms with van der Waals surface area (Å²) in [6.07, 6.45) is 2.39. The number of rotatable bonds is 6. The van der Waals surface area contributed by atoms with E-state index in [1.54, 1.807) is 7.05 Å². The van der Waals surface area contributed by atoms with Crippen LogP contribution < -0.4 is 5.32 Å². The third-order valence-corrected chi connectivity index (χ3v) is 4.43. The standard InChI is InChI=1S/C18H27N3O2/c1-3-15-4-6-16(7-5-15)8-9-18(23)21-12-10-20(11-13-21)14-17(22)19-2/h4-7H,3,8-14H2,1-2H3,(H,19,22). The largest absolute Gasteiger partial charge is 0.358 e. The summed E-state index contributed by atoms with van der Waals surface area (Å²) in [5.74, 6) is 0.240. The van der Waals surface area contributed by atoms with Crippen LogP contribution in [0.4, 0.5) is 0 Å². The van der Waals surface area contributed by atoms with Gasteiger partial charge in [0.15, 0.2) is 0 Å². The van der Waals surface area contributed by atoms with Crippen molar-refractivity contribution < 1.29 is 9.59 Å². The first-order chi connectivity index (χ1) is 11.1. The van der Waals surface area contributed by atoms with Gasteiger partial charge in [-0.2, -0.15) is 0 Å². The highest BCUT2D eigenvalue weighted by molar-refractivity contribution is 5.78. The molecule has 5 heteroatoms. The van der Waals surface area contributed by atoms with Crippen LogP contribution in [0.3, 0.4) is 0 Å². The van der Waals surface area contributed by atoms with Gasteiger partial charge in [0.2, 0.25) is 11.8 Å². The molecule has 0 radical (unpaired) electrons. The normalized spacial score (nSPS) is 15.5. The summed E-state index contributed by atoms with van der Waals surface area (Å²) in [6.45, 7) is 5.52. The Hall–Kier alpha value is -1.88. The minimum atomic E-state index is 0.0281. The maximum absolute atomic E-state index is 12.3. The molecule has 0 aliphatic carbocycles. The van der Waals surface area contributed by atoms with Crippen LogP contribution >= 0.6 is 0 Å². The van der Waals surface area contributed by atoms with Gasteiger partial charge in [0.1, 0.15) is 0 Å². The van der Waals surface area contributed by atoms with Gasteiger partial charge in [-0.05, 0) is 24.0 Å². The molecule has 126 valence electrons.